The second kappa shape index (κ2) is 7.48. The van der Waals surface area contributed by atoms with Crippen LogP contribution in [0.25, 0.3) is 0 Å². The normalized spacial score (nSPS) is 47.9. The Balaban J connectivity index is 1.53. The summed E-state index contributed by atoms with van der Waals surface area (Å²) in [6, 6.07) is 2.95. The van der Waals surface area contributed by atoms with Gasteiger partial charge in [0.25, 0.3) is 0 Å². The molecule has 0 amide bonds. The van der Waals surface area contributed by atoms with Crippen LogP contribution in [0.5, 0.6) is 0 Å². The molecule has 0 aromatic carbocycles. The van der Waals surface area contributed by atoms with E-state index in [1.807, 2.05) is 6.92 Å². The van der Waals surface area contributed by atoms with E-state index in [0.29, 0.717) is 44.1 Å². The monoisotopic (exact) mass is 474 g/mol. The third-order valence-electron chi connectivity index (χ3n) is 10.3. The molecule has 1 aromatic rings. The molecule has 8 nitrogen and oxygen atoms in total. The number of ether oxygens (including phenoxy) is 1. The van der Waals surface area contributed by atoms with Gasteiger partial charge in [-0.05, 0) is 63.0 Å². The zero-order valence-electron chi connectivity index (χ0n) is 20.0. The summed E-state index contributed by atoms with van der Waals surface area (Å²) in [5.41, 5.74) is -4.44. The van der Waals surface area contributed by atoms with Crippen LogP contribution in [0.2, 0.25) is 0 Å². The van der Waals surface area contributed by atoms with Gasteiger partial charge in [0.1, 0.15) is 12.2 Å². The molecule has 4 saturated carbocycles. The molecule has 4 aliphatic carbocycles. The van der Waals surface area contributed by atoms with Crippen molar-refractivity contribution in [3.8, 4) is 0 Å². The third kappa shape index (κ3) is 2.91. The summed E-state index contributed by atoms with van der Waals surface area (Å²) in [6.07, 6.45) is 2.64. The number of hydrogen-bond acceptors (Lipinski definition) is 8. The molecule has 9 atom stereocenters. The van der Waals surface area contributed by atoms with Crippen molar-refractivity contribution in [1.29, 1.82) is 0 Å². The Bertz CT molecular complexity index is 1060. The summed E-state index contributed by atoms with van der Waals surface area (Å²) in [7, 11) is 0. The standard InChI is InChI=1S/C26H34O8/c1-14(27)34-16-6-9-23(2)20-18(7-10-25(23,31)12-16)26(32)11-8-17(15-4-5-19(28)33-13-15)24(26,3)22(30)21(20)29/h4-5,13,16-18,20-21,29,31-32H,6-12H2,1-3H3. The lowest BCUT2D eigenvalue weighted by Crippen LogP contribution is -2.73. The van der Waals surface area contributed by atoms with Gasteiger partial charge in [-0.2, -0.15) is 0 Å². The van der Waals surface area contributed by atoms with E-state index in [-0.39, 0.29) is 12.3 Å². The smallest absolute Gasteiger partial charge is 0.335 e. The Morgan fingerprint density at radius 1 is 1.09 bits per heavy atom. The fraction of sp³-hybridized carbons (Fsp3) is 0.731. The lowest BCUT2D eigenvalue weighted by molar-refractivity contribution is -0.266. The van der Waals surface area contributed by atoms with Crippen LogP contribution in [0.1, 0.15) is 77.2 Å². The van der Waals surface area contributed by atoms with E-state index in [9.17, 15) is 29.7 Å². The number of esters is 1. The molecule has 0 spiro atoms. The second-order valence-corrected chi connectivity index (χ2v) is 11.5. The van der Waals surface area contributed by atoms with E-state index < -0.39 is 63.5 Å². The van der Waals surface area contributed by atoms with Crippen LogP contribution in [0.15, 0.2) is 27.6 Å². The van der Waals surface area contributed by atoms with E-state index >= 15 is 0 Å². The minimum absolute atomic E-state index is 0.259. The van der Waals surface area contributed by atoms with Crippen molar-refractivity contribution in [1.82, 2.24) is 0 Å². The molecule has 0 aliphatic heterocycles. The van der Waals surface area contributed by atoms with Gasteiger partial charge in [-0.3, -0.25) is 9.59 Å². The maximum atomic E-state index is 13.9. The molecular formula is C26H34O8. The molecule has 1 aromatic heterocycles. The van der Waals surface area contributed by atoms with Gasteiger partial charge in [-0.1, -0.05) is 6.92 Å². The highest BCUT2D eigenvalue weighted by molar-refractivity contribution is 5.93. The number of carbonyl (C=O) groups excluding carboxylic acids is 2. The minimum atomic E-state index is -1.36. The van der Waals surface area contributed by atoms with E-state index in [2.05, 4.69) is 0 Å². The van der Waals surface area contributed by atoms with Crippen molar-refractivity contribution in [3.05, 3.63) is 34.4 Å². The fourth-order valence-electron chi connectivity index (χ4n) is 8.43. The second-order valence-electron chi connectivity index (χ2n) is 11.5. The van der Waals surface area contributed by atoms with Crippen LogP contribution in [0, 0.1) is 22.7 Å². The average Bonchev–Trinajstić information content (AvgIpc) is 3.05. The number of ketones is 1. The zero-order chi connectivity index (χ0) is 24.7. The molecule has 1 heterocycles. The lowest BCUT2D eigenvalue weighted by Gasteiger charge is -2.66. The van der Waals surface area contributed by atoms with E-state index in [1.165, 1.54) is 19.3 Å². The molecule has 4 aliphatic rings. The van der Waals surface area contributed by atoms with Crippen molar-refractivity contribution in [3.63, 3.8) is 0 Å². The van der Waals surface area contributed by atoms with E-state index in [0.717, 1.165) is 0 Å². The zero-order valence-corrected chi connectivity index (χ0v) is 20.0. The van der Waals surface area contributed by atoms with Crippen molar-refractivity contribution in [2.24, 2.45) is 22.7 Å². The number of aliphatic hydroxyl groups is 3. The van der Waals surface area contributed by atoms with Crippen molar-refractivity contribution in [2.75, 3.05) is 0 Å². The first kappa shape index (κ1) is 23.7. The highest BCUT2D eigenvalue weighted by Gasteiger charge is 2.75. The quantitative estimate of drug-likeness (QED) is 0.555. The molecular weight excluding hydrogens is 440 g/mol. The SMILES string of the molecule is CC(=O)OC1CCC2(C)C3C(O)C(=O)C4(C)C(c5ccc(=O)oc5)CCC4(O)C3CCC2(O)C1. The van der Waals surface area contributed by atoms with Gasteiger partial charge in [0.2, 0.25) is 0 Å². The Morgan fingerprint density at radius 2 is 1.82 bits per heavy atom. The summed E-state index contributed by atoms with van der Waals surface area (Å²) in [6.45, 7) is 5.00. The molecule has 0 bridgehead atoms. The van der Waals surface area contributed by atoms with Crippen molar-refractivity contribution >= 4 is 11.8 Å². The number of rotatable bonds is 2. The summed E-state index contributed by atoms with van der Waals surface area (Å²) in [5.74, 6) is -2.18. The molecule has 0 saturated heterocycles. The molecule has 5 rings (SSSR count). The Hall–Kier alpha value is -2.03. The summed E-state index contributed by atoms with van der Waals surface area (Å²) >= 11 is 0. The number of fused-ring (bicyclic) bond motifs is 5. The summed E-state index contributed by atoms with van der Waals surface area (Å²) < 4.78 is 10.5. The maximum absolute atomic E-state index is 13.9. The van der Waals surface area contributed by atoms with Gasteiger partial charge in [-0.25, -0.2) is 4.79 Å². The van der Waals surface area contributed by atoms with Gasteiger partial charge in [0.05, 0.1) is 22.9 Å². The van der Waals surface area contributed by atoms with Crippen molar-refractivity contribution < 1.29 is 34.1 Å². The molecule has 4 fully saturated rings. The molecule has 34 heavy (non-hydrogen) atoms. The van der Waals surface area contributed by atoms with Gasteiger partial charge in [0, 0.05) is 36.7 Å². The average molecular weight is 475 g/mol. The molecule has 0 radical (unpaired) electrons. The summed E-state index contributed by atoms with van der Waals surface area (Å²) in [5, 5.41) is 35.5. The van der Waals surface area contributed by atoms with Gasteiger partial charge < -0.3 is 24.5 Å². The van der Waals surface area contributed by atoms with Crippen LogP contribution >= 0.6 is 0 Å². The van der Waals surface area contributed by atoms with Crippen LogP contribution in [-0.4, -0.2) is 50.5 Å². The van der Waals surface area contributed by atoms with Gasteiger partial charge in [0.15, 0.2) is 5.78 Å². The first-order chi connectivity index (χ1) is 15.9. The largest absolute Gasteiger partial charge is 0.462 e. The van der Waals surface area contributed by atoms with Crippen LogP contribution in [0.4, 0.5) is 0 Å². The maximum Gasteiger partial charge on any atom is 0.335 e. The minimum Gasteiger partial charge on any atom is -0.462 e. The Kier molecular flexibility index (Phi) is 5.22. The third-order valence-corrected chi connectivity index (χ3v) is 10.3. The Morgan fingerprint density at radius 3 is 2.47 bits per heavy atom. The lowest BCUT2D eigenvalue weighted by atomic mass is 9.41. The molecule has 186 valence electrons. The highest BCUT2D eigenvalue weighted by atomic mass is 16.5. The first-order valence-corrected chi connectivity index (χ1v) is 12.3. The summed E-state index contributed by atoms with van der Waals surface area (Å²) in [4.78, 5) is 36.9. The van der Waals surface area contributed by atoms with Crippen LogP contribution < -0.4 is 5.63 Å². The molecule has 8 heteroatoms. The van der Waals surface area contributed by atoms with Crippen LogP contribution in [-0.2, 0) is 14.3 Å². The molecule has 3 N–H and O–H groups in total. The van der Waals surface area contributed by atoms with E-state index in [1.54, 1.807) is 13.0 Å². The highest BCUT2D eigenvalue weighted by Crippen LogP contribution is 2.70. The fourth-order valence-corrected chi connectivity index (χ4v) is 8.43. The van der Waals surface area contributed by atoms with Crippen LogP contribution in [0.3, 0.4) is 0 Å². The predicted molar refractivity (Wildman–Crippen MR) is 120 cm³/mol. The topological polar surface area (TPSA) is 134 Å². The Labute approximate surface area is 198 Å². The number of aliphatic hydroxyl groups excluding tert-OH is 1. The first-order valence-electron chi connectivity index (χ1n) is 12.3. The predicted octanol–water partition coefficient (Wildman–Crippen LogP) is 2.08. The number of carbonyl (C=O) groups is 2. The van der Waals surface area contributed by atoms with Gasteiger partial charge in [-0.15, -0.1) is 0 Å². The number of hydrogen-bond donors (Lipinski definition) is 3. The van der Waals surface area contributed by atoms with E-state index in [4.69, 9.17) is 9.15 Å². The van der Waals surface area contributed by atoms with Gasteiger partial charge >= 0.3 is 11.6 Å². The number of Topliss-reactive ketones (excluding diaryl/α,β-unsaturated/α-hetero) is 1. The molecule has 9 unspecified atom stereocenters. The van der Waals surface area contributed by atoms with Crippen molar-refractivity contribution in [2.45, 2.75) is 95.0 Å².